The number of hydrogen-bond donors (Lipinski definition) is 0. The summed E-state index contributed by atoms with van der Waals surface area (Å²) in [4.78, 5) is 10.2. The minimum Gasteiger partial charge on any atom is -0.466 e. The molecule has 0 aliphatic rings. The number of carbonyl (C=O) groups is 1. The lowest BCUT2D eigenvalue weighted by molar-refractivity contribution is -0.141. The first kappa shape index (κ1) is 10.4. The lowest BCUT2D eigenvalue weighted by Gasteiger charge is -2.04. The van der Waals surface area contributed by atoms with E-state index >= 15 is 0 Å². The summed E-state index contributed by atoms with van der Waals surface area (Å²) >= 11 is 0. The van der Waals surface area contributed by atoms with Crippen LogP contribution in [0.2, 0.25) is 0 Å². The van der Waals surface area contributed by atoms with Gasteiger partial charge in [0.25, 0.3) is 0 Å². The van der Waals surface area contributed by atoms with Crippen molar-refractivity contribution in [2.24, 2.45) is 0 Å². The summed E-state index contributed by atoms with van der Waals surface area (Å²) in [5, 5.41) is 0. The average molecular weight is 162 g/mol. The Hall–Kier alpha value is -0.600. The second-order valence-electron chi connectivity index (χ2n) is 2.49. The summed E-state index contributed by atoms with van der Waals surface area (Å²) < 4.78 is 17.1. The Bertz CT molecular complexity index is 115. The van der Waals surface area contributed by atoms with Crippen LogP contribution in [0.3, 0.4) is 0 Å². The molecule has 0 aromatic heterocycles. The van der Waals surface area contributed by atoms with Gasteiger partial charge in [-0.05, 0) is 19.3 Å². The smallest absolute Gasteiger partial charge is 0.302 e. The van der Waals surface area contributed by atoms with Crippen LogP contribution in [0.1, 0.15) is 33.1 Å². The van der Waals surface area contributed by atoms with E-state index in [-0.39, 0.29) is 5.97 Å². The first-order valence-electron chi connectivity index (χ1n) is 3.94. The van der Waals surface area contributed by atoms with E-state index in [2.05, 4.69) is 4.74 Å². The van der Waals surface area contributed by atoms with E-state index in [0.717, 1.165) is 0 Å². The number of rotatable bonds is 5. The monoisotopic (exact) mass is 162 g/mol. The Labute approximate surface area is 66.7 Å². The lowest BCUT2D eigenvalue weighted by Crippen LogP contribution is -2.04. The minimum atomic E-state index is -0.745. The molecule has 2 nitrogen and oxygen atoms in total. The van der Waals surface area contributed by atoms with E-state index in [9.17, 15) is 9.18 Å². The highest BCUT2D eigenvalue weighted by atomic mass is 19.1. The summed E-state index contributed by atoms with van der Waals surface area (Å²) in [7, 11) is 0. The van der Waals surface area contributed by atoms with Crippen LogP contribution >= 0.6 is 0 Å². The van der Waals surface area contributed by atoms with E-state index in [4.69, 9.17) is 0 Å². The van der Waals surface area contributed by atoms with Crippen LogP contribution in [0.15, 0.2) is 0 Å². The maximum Gasteiger partial charge on any atom is 0.302 e. The molecule has 0 saturated carbocycles. The Morgan fingerprint density at radius 3 is 2.73 bits per heavy atom. The maximum absolute atomic E-state index is 12.5. The van der Waals surface area contributed by atoms with Crippen LogP contribution in [0.4, 0.5) is 4.39 Å². The third-order valence-electron chi connectivity index (χ3n) is 1.41. The number of alkyl halides is 1. The van der Waals surface area contributed by atoms with Crippen molar-refractivity contribution in [2.75, 3.05) is 6.61 Å². The normalized spacial score (nSPS) is 12.6. The van der Waals surface area contributed by atoms with E-state index < -0.39 is 6.17 Å². The Morgan fingerprint density at radius 1 is 1.64 bits per heavy atom. The van der Waals surface area contributed by atoms with Gasteiger partial charge >= 0.3 is 5.97 Å². The maximum atomic E-state index is 12.5. The molecular weight excluding hydrogens is 147 g/mol. The van der Waals surface area contributed by atoms with E-state index in [1.807, 2.05) is 0 Å². The zero-order valence-corrected chi connectivity index (χ0v) is 7.10. The van der Waals surface area contributed by atoms with Gasteiger partial charge in [-0.1, -0.05) is 6.92 Å². The molecule has 0 radical (unpaired) electrons. The molecule has 0 N–H and O–H groups in total. The minimum absolute atomic E-state index is 0.295. The fourth-order valence-corrected chi connectivity index (χ4v) is 0.725. The van der Waals surface area contributed by atoms with Crippen LogP contribution in [-0.4, -0.2) is 18.7 Å². The van der Waals surface area contributed by atoms with Gasteiger partial charge in [0.2, 0.25) is 0 Å². The fraction of sp³-hybridized carbons (Fsp3) is 0.875. The molecule has 0 saturated heterocycles. The van der Waals surface area contributed by atoms with Crippen molar-refractivity contribution < 1.29 is 13.9 Å². The second-order valence-corrected chi connectivity index (χ2v) is 2.49. The predicted octanol–water partition coefficient (Wildman–Crippen LogP) is 2.08. The molecule has 0 rings (SSSR count). The average Bonchev–Trinajstić information content (AvgIpc) is 1.97. The van der Waals surface area contributed by atoms with Crippen molar-refractivity contribution >= 4 is 5.97 Å². The molecular formula is C8H15FO2. The number of carbonyl (C=O) groups excluding carboxylic acids is 1. The van der Waals surface area contributed by atoms with Gasteiger partial charge in [0.1, 0.15) is 0 Å². The molecule has 11 heavy (non-hydrogen) atoms. The van der Waals surface area contributed by atoms with Crippen molar-refractivity contribution in [3.05, 3.63) is 0 Å². The van der Waals surface area contributed by atoms with Gasteiger partial charge in [-0.3, -0.25) is 4.79 Å². The quantitative estimate of drug-likeness (QED) is 0.457. The van der Waals surface area contributed by atoms with Gasteiger partial charge < -0.3 is 4.74 Å². The molecule has 0 fully saturated rings. The molecule has 0 amide bonds. The molecule has 0 aliphatic carbocycles. The first-order valence-corrected chi connectivity index (χ1v) is 3.94. The first-order chi connectivity index (χ1) is 5.16. The van der Waals surface area contributed by atoms with Crippen LogP contribution in [0.5, 0.6) is 0 Å². The van der Waals surface area contributed by atoms with Crippen molar-refractivity contribution in [1.82, 2.24) is 0 Å². The van der Waals surface area contributed by atoms with Crippen molar-refractivity contribution in [3.63, 3.8) is 0 Å². The Morgan fingerprint density at radius 2 is 2.27 bits per heavy atom. The molecule has 0 aromatic rings. The molecule has 0 heterocycles. The van der Waals surface area contributed by atoms with E-state index in [1.54, 1.807) is 6.92 Å². The number of hydrogen-bond acceptors (Lipinski definition) is 2. The van der Waals surface area contributed by atoms with Crippen molar-refractivity contribution in [1.29, 1.82) is 0 Å². The van der Waals surface area contributed by atoms with Gasteiger partial charge in [0.05, 0.1) is 12.8 Å². The van der Waals surface area contributed by atoms with Crippen LogP contribution in [0, 0.1) is 0 Å². The second kappa shape index (κ2) is 6.13. The topological polar surface area (TPSA) is 26.3 Å². The fourth-order valence-electron chi connectivity index (χ4n) is 0.725. The summed E-state index contributed by atoms with van der Waals surface area (Å²) in [5.74, 6) is -0.295. The highest BCUT2D eigenvalue weighted by Crippen LogP contribution is 2.05. The van der Waals surface area contributed by atoms with Crippen LogP contribution in [-0.2, 0) is 9.53 Å². The molecule has 0 aromatic carbocycles. The van der Waals surface area contributed by atoms with Gasteiger partial charge in [-0.25, -0.2) is 4.39 Å². The van der Waals surface area contributed by atoms with Gasteiger partial charge in [0, 0.05) is 6.92 Å². The zero-order chi connectivity index (χ0) is 8.69. The van der Waals surface area contributed by atoms with Gasteiger partial charge in [-0.15, -0.1) is 0 Å². The van der Waals surface area contributed by atoms with Crippen molar-refractivity contribution in [2.45, 2.75) is 39.3 Å². The summed E-state index contributed by atoms with van der Waals surface area (Å²) in [6.07, 6.45) is 0.906. The standard InChI is InChI=1S/C8H15FO2/c1-3-8(9)5-4-6-11-7(2)10/h8H,3-6H2,1-2H3. The number of ether oxygens (including phenoxy) is 1. The lowest BCUT2D eigenvalue weighted by atomic mass is 10.2. The van der Waals surface area contributed by atoms with Crippen LogP contribution in [0.25, 0.3) is 0 Å². The molecule has 66 valence electrons. The van der Waals surface area contributed by atoms with Crippen LogP contribution < -0.4 is 0 Å². The molecule has 3 heteroatoms. The van der Waals surface area contributed by atoms with Gasteiger partial charge in [0.15, 0.2) is 0 Å². The SMILES string of the molecule is CCC(F)CCCOC(C)=O. The number of halogens is 1. The third-order valence-corrected chi connectivity index (χ3v) is 1.41. The molecule has 0 bridgehead atoms. The highest BCUT2D eigenvalue weighted by molar-refractivity contribution is 5.65. The number of esters is 1. The Kier molecular flexibility index (Phi) is 5.80. The third kappa shape index (κ3) is 7.30. The summed E-state index contributed by atoms with van der Waals surface area (Å²) in [6.45, 7) is 3.50. The predicted molar refractivity (Wildman–Crippen MR) is 41.1 cm³/mol. The van der Waals surface area contributed by atoms with E-state index in [1.165, 1.54) is 6.92 Å². The summed E-state index contributed by atoms with van der Waals surface area (Å²) in [6, 6.07) is 0. The Balaban J connectivity index is 3.08. The molecule has 0 spiro atoms. The largest absolute Gasteiger partial charge is 0.466 e. The summed E-state index contributed by atoms with van der Waals surface area (Å²) in [5.41, 5.74) is 0. The zero-order valence-electron chi connectivity index (χ0n) is 7.10. The molecule has 1 unspecified atom stereocenters. The van der Waals surface area contributed by atoms with Gasteiger partial charge in [-0.2, -0.15) is 0 Å². The highest BCUT2D eigenvalue weighted by Gasteiger charge is 2.02. The van der Waals surface area contributed by atoms with Crippen molar-refractivity contribution in [3.8, 4) is 0 Å². The molecule has 1 atom stereocenters. The molecule has 0 aliphatic heterocycles. The van der Waals surface area contributed by atoms with E-state index in [0.29, 0.717) is 25.9 Å².